The second-order valence-electron chi connectivity index (χ2n) is 8.00. The topological polar surface area (TPSA) is 140 Å². The van der Waals surface area contributed by atoms with E-state index in [0.717, 1.165) is 18.4 Å². The lowest BCUT2D eigenvalue weighted by atomic mass is 10.1. The van der Waals surface area contributed by atoms with Crippen LogP contribution in [-0.2, 0) is 25.8 Å². The lowest BCUT2D eigenvalue weighted by molar-refractivity contribution is 0.00706. The van der Waals surface area contributed by atoms with Crippen molar-refractivity contribution in [2.75, 3.05) is 19.5 Å². The minimum Gasteiger partial charge on any atom is -0.471 e. The first-order valence-electron chi connectivity index (χ1n) is 10.1. The van der Waals surface area contributed by atoms with Crippen molar-refractivity contribution in [3.63, 3.8) is 0 Å². The number of pyridine rings is 1. The van der Waals surface area contributed by atoms with E-state index in [2.05, 4.69) is 15.0 Å². The van der Waals surface area contributed by atoms with Crippen molar-refractivity contribution in [2.24, 2.45) is 0 Å². The average Bonchev–Trinajstić information content (AvgIpc) is 3.43. The highest BCUT2D eigenvalue weighted by atomic mass is 35.5. The summed E-state index contributed by atoms with van der Waals surface area (Å²) in [5.41, 5.74) is 0.201. The molecule has 3 aromatic rings. The monoisotopic (exact) mass is 516 g/mol. The first kappa shape index (κ1) is 23.2. The Morgan fingerprint density at radius 2 is 1.94 bits per heavy atom. The molecule has 0 amide bonds. The molecule has 0 saturated carbocycles. The summed E-state index contributed by atoms with van der Waals surface area (Å²) in [4.78, 5) is 11.1. The standard InChI is InChI=1S/C20H19ClF2N4O6S/c1-34(24,29)8-2-11(22)9(12(23)3-8)5-32-19-10(21)4-13-18(26-19)27-20(25-13)33-15-7-31-16-14(28)6-30-17(15)16/h2-4,14-17,24,28H,5-7H2,1H3,(H,25,26,27)/t14-,15-,16?,17?,34?/m1/s1. The molecule has 2 saturated heterocycles. The molecule has 0 aliphatic carbocycles. The minimum absolute atomic E-state index is 0.0530. The lowest BCUT2D eigenvalue weighted by Gasteiger charge is -2.15. The third-order valence-electron chi connectivity index (χ3n) is 5.53. The molecule has 2 aliphatic rings. The van der Waals surface area contributed by atoms with E-state index in [4.69, 9.17) is 35.3 Å². The van der Waals surface area contributed by atoms with Crippen LogP contribution in [0.4, 0.5) is 8.78 Å². The van der Waals surface area contributed by atoms with Crippen molar-refractivity contribution in [1.82, 2.24) is 15.0 Å². The number of hydrogen-bond acceptors (Lipinski definition) is 9. The fraction of sp³-hybridized carbons (Fsp3) is 0.400. The number of aliphatic hydroxyl groups is 1. The molecule has 5 rings (SSSR count). The van der Waals surface area contributed by atoms with Gasteiger partial charge < -0.3 is 24.1 Å². The predicted molar refractivity (Wildman–Crippen MR) is 115 cm³/mol. The summed E-state index contributed by atoms with van der Waals surface area (Å²) in [5.74, 6) is -2.09. The molecule has 10 nitrogen and oxygen atoms in total. The van der Waals surface area contributed by atoms with E-state index in [1.165, 1.54) is 6.07 Å². The Labute approximate surface area is 197 Å². The van der Waals surface area contributed by atoms with Crippen LogP contribution in [0.5, 0.6) is 11.9 Å². The van der Waals surface area contributed by atoms with Gasteiger partial charge in [0.05, 0.1) is 33.4 Å². The molecule has 3 unspecified atom stereocenters. The number of imidazole rings is 1. The third kappa shape index (κ3) is 4.29. The highest BCUT2D eigenvalue weighted by Crippen LogP contribution is 2.32. The van der Waals surface area contributed by atoms with Gasteiger partial charge in [-0.05, 0) is 18.2 Å². The third-order valence-corrected chi connectivity index (χ3v) is 6.94. The van der Waals surface area contributed by atoms with Crippen molar-refractivity contribution in [2.45, 2.75) is 35.9 Å². The average molecular weight is 517 g/mol. The van der Waals surface area contributed by atoms with Crippen molar-refractivity contribution in [3.05, 3.63) is 40.4 Å². The molecular formula is C20H19ClF2N4O6S. The maximum atomic E-state index is 14.4. The molecule has 4 heterocycles. The van der Waals surface area contributed by atoms with Gasteiger partial charge in [-0.3, -0.25) is 4.98 Å². The summed E-state index contributed by atoms with van der Waals surface area (Å²) in [6, 6.07) is 3.27. The summed E-state index contributed by atoms with van der Waals surface area (Å²) in [5, 5.41) is 9.89. The van der Waals surface area contributed by atoms with E-state index < -0.39 is 57.9 Å². The molecule has 2 fully saturated rings. The molecule has 0 spiro atoms. The smallest absolute Gasteiger partial charge is 0.296 e. The zero-order valence-corrected chi connectivity index (χ0v) is 19.2. The molecule has 2 aliphatic heterocycles. The summed E-state index contributed by atoms with van der Waals surface area (Å²) in [6.07, 6.45) is -1.00. The van der Waals surface area contributed by atoms with E-state index in [9.17, 15) is 18.1 Å². The molecule has 34 heavy (non-hydrogen) atoms. The Morgan fingerprint density at radius 1 is 1.24 bits per heavy atom. The SMILES string of the molecule is CS(=N)(=O)c1cc(F)c(COc2nc3[nH]c(O[C@@H]4COC5C4OC[C@H]5O)nc3cc2Cl)c(F)c1. The predicted octanol–water partition coefficient (Wildman–Crippen LogP) is 2.41. The van der Waals surface area contributed by atoms with Gasteiger partial charge >= 0.3 is 0 Å². The Hall–Kier alpha value is -2.58. The number of halogens is 3. The Balaban J connectivity index is 1.33. The summed E-state index contributed by atoms with van der Waals surface area (Å²) < 4.78 is 70.3. The molecule has 3 N–H and O–H groups in total. The number of benzene rings is 1. The van der Waals surface area contributed by atoms with E-state index >= 15 is 0 Å². The zero-order chi connectivity index (χ0) is 24.2. The lowest BCUT2D eigenvalue weighted by Crippen LogP contribution is -2.34. The summed E-state index contributed by atoms with van der Waals surface area (Å²) in [7, 11) is -3.28. The number of rotatable bonds is 6. The van der Waals surface area contributed by atoms with Gasteiger partial charge in [0.25, 0.3) is 6.01 Å². The molecule has 14 heteroatoms. The van der Waals surface area contributed by atoms with Gasteiger partial charge in [0.15, 0.2) is 11.8 Å². The number of aromatic nitrogens is 3. The van der Waals surface area contributed by atoms with Crippen LogP contribution in [0.25, 0.3) is 11.2 Å². The molecule has 182 valence electrons. The van der Waals surface area contributed by atoms with E-state index in [-0.39, 0.29) is 40.7 Å². The van der Waals surface area contributed by atoms with E-state index in [1.807, 2.05) is 0 Å². The maximum Gasteiger partial charge on any atom is 0.296 e. The largest absolute Gasteiger partial charge is 0.471 e. The number of aliphatic hydroxyl groups excluding tert-OH is 1. The van der Waals surface area contributed by atoms with E-state index in [0.29, 0.717) is 5.52 Å². The Bertz CT molecular complexity index is 1350. The Kier molecular flexibility index (Phi) is 5.84. The molecule has 0 radical (unpaired) electrons. The highest BCUT2D eigenvalue weighted by molar-refractivity contribution is 7.91. The second kappa shape index (κ2) is 8.57. The van der Waals surface area contributed by atoms with E-state index in [1.54, 1.807) is 0 Å². The number of aromatic amines is 1. The van der Waals surface area contributed by atoms with Crippen molar-refractivity contribution in [1.29, 1.82) is 4.78 Å². The number of ether oxygens (including phenoxy) is 4. The van der Waals surface area contributed by atoms with Gasteiger partial charge in [0, 0.05) is 6.26 Å². The van der Waals surface area contributed by atoms with Crippen LogP contribution in [0.2, 0.25) is 5.02 Å². The normalized spacial score (nSPS) is 25.9. The maximum absolute atomic E-state index is 14.4. The molecule has 5 atom stereocenters. The minimum atomic E-state index is -3.28. The van der Waals surface area contributed by atoms with Crippen LogP contribution in [-0.4, -0.2) is 68.2 Å². The first-order chi connectivity index (χ1) is 16.1. The molecule has 2 aromatic heterocycles. The molecule has 0 bridgehead atoms. The number of H-pyrrole nitrogens is 1. The number of nitrogens with zero attached hydrogens (tertiary/aromatic N) is 2. The fourth-order valence-corrected chi connectivity index (χ4v) is 4.66. The number of nitrogens with one attached hydrogen (secondary N) is 2. The van der Waals surface area contributed by atoms with Crippen LogP contribution in [0.1, 0.15) is 5.56 Å². The molecular weight excluding hydrogens is 498 g/mol. The fourth-order valence-electron chi connectivity index (χ4n) is 3.81. The van der Waals surface area contributed by atoms with Gasteiger partial charge in [0.2, 0.25) is 5.88 Å². The number of fused-ring (bicyclic) bond motifs is 2. The van der Waals surface area contributed by atoms with Gasteiger partial charge in [0.1, 0.15) is 47.1 Å². The van der Waals surface area contributed by atoms with Crippen LogP contribution in [0.3, 0.4) is 0 Å². The highest BCUT2D eigenvalue weighted by Gasteiger charge is 2.48. The zero-order valence-electron chi connectivity index (χ0n) is 17.6. The number of hydrogen-bond donors (Lipinski definition) is 3. The van der Waals surface area contributed by atoms with Crippen molar-refractivity contribution in [3.8, 4) is 11.9 Å². The summed E-state index contributed by atoms with van der Waals surface area (Å²) >= 11 is 6.20. The van der Waals surface area contributed by atoms with Crippen LogP contribution in [0.15, 0.2) is 23.1 Å². The van der Waals surface area contributed by atoms with Gasteiger partial charge in [-0.25, -0.2) is 17.8 Å². The van der Waals surface area contributed by atoms with Crippen LogP contribution in [0, 0.1) is 16.4 Å². The van der Waals surface area contributed by atoms with Gasteiger partial charge in [-0.15, -0.1) is 0 Å². The van der Waals surface area contributed by atoms with Crippen LogP contribution < -0.4 is 9.47 Å². The first-order valence-corrected chi connectivity index (χ1v) is 12.4. The van der Waals surface area contributed by atoms with Gasteiger partial charge in [-0.2, -0.15) is 9.97 Å². The summed E-state index contributed by atoms with van der Waals surface area (Å²) in [6.45, 7) is -0.161. The van der Waals surface area contributed by atoms with Gasteiger partial charge in [-0.1, -0.05) is 11.6 Å². The van der Waals surface area contributed by atoms with Crippen molar-refractivity contribution < 1.29 is 37.0 Å². The quantitative estimate of drug-likeness (QED) is 0.454. The Morgan fingerprint density at radius 3 is 2.65 bits per heavy atom. The molecule has 1 aromatic carbocycles. The second-order valence-corrected chi connectivity index (χ2v) is 10.6. The van der Waals surface area contributed by atoms with Crippen LogP contribution >= 0.6 is 11.6 Å². The van der Waals surface area contributed by atoms with Crippen molar-refractivity contribution >= 4 is 32.5 Å².